The number of likely N-dealkylation sites (N-methyl/N-ethyl adjacent to an activating group) is 1. The summed E-state index contributed by atoms with van der Waals surface area (Å²) >= 11 is 0. The highest BCUT2D eigenvalue weighted by Crippen LogP contribution is 2.37. The first-order chi connectivity index (χ1) is 10.0. The molecule has 1 N–H and O–H groups in total. The van der Waals surface area contributed by atoms with Crippen LogP contribution in [0.1, 0.15) is 58.2 Å². The summed E-state index contributed by atoms with van der Waals surface area (Å²) in [6.45, 7) is 6.66. The first-order valence-corrected chi connectivity index (χ1v) is 8.27. The van der Waals surface area contributed by atoms with Gasteiger partial charge in [-0.1, -0.05) is 6.92 Å². The van der Waals surface area contributed by atoms with Crippen LogP contribution in [-0.4, -0.2) is 35.6 Å². The molecule has 120 valence electrons. The molecule has 1 aliphatic rings. The third-order valence-corrected chi connectivity index (χ3v) is 5.12. The molecule has 2 rings (SSSR count). The van der Waals surface area contributed by atoms with E-state index in [0.29, 0.717) is 12.1 Å². The average Bonchev–Trinajstić information content (AvgIpc) is 2.95. The van der Waals surface area contributed by atoms with Gasteiger partial charge in [0.15, 0.2) is 0 Å². The van der Waals surface area contributed by atoms with Crippen LogP contribution >= 0.6 is 0 Å². The summed E-state index contributed by atoms with van der Waals surface area (Å²) < 4.78 is 8.04. The van der Waals surface area contributed by atoms with Gasteiger partial charge < -0.3 is 10.1 Å². The second kappa shape index (κ2) is 6.93. The molecule has 0 aromatic carbocycles. The molecule has 1 atom stereocenters. The maximum absolute atomic E-state index is 6.01. The van der Waals surface area contributed by atoms with Gasteiger partial charge >= 0.3 is 0 Å². The van der Waals surface area contributed by atoms with Crippen LogP contribution in [0.4, 0.5) is 0 Å². The molecular formula is C17H31N3O. The van der Waals surface area contributed by atoms with Gasteiger partial charge in [0.1, 0.15) is 0 Å². The number of ether oxygens (including phenoxy) is 1. The van der Waals surface area contributed by atoms with E-state index in [1.165, 1.54) is 12.8 Å². The van der Waals surface area contributed by atoms with Crippen LogP contribution in [0.25, 0.3) is 0 Å². The third kappa shape index (κ3) is 3.67. The Labute approximate surface area is 129 Å². The first kappa shape index (κ1) is 16.5. The molecule has 1 aromatic rings. The minimum atomic E-state index is -0.0388. The quantitative estimate of drug-likeness (QED) is 0.875. The smallest absolute Gasteiger partial charge is 0.0834 e. The molecule has 0 aliphatic heterocycles. The van der Waals surface area contributed by atoms with Gasteiger partial charge in [-0.25, -0.2) is 0 Å². The van der Waals surface area contributed by atoms with Gasteiger partial charge in [0, 0.05) is 31.8 Å². The molecule has 1 saturated carbocycles. The van der Waals surface area contributed by atoms with Gasteiger partial charge in [-0.3, -0.25) is 4.68 Å². The molecule has 1 aromatic heterocycles. The Morgan fingerprint density at radius 3 is 2.57 bits per heavy atom. The average molecular weight is 293 g/mol. The molecule has 1 heterocycles. The number of nitrogens with one attached hydrogen (secondary N) is 1. The summed E-state index contributed by atoms with van der Waals surface area (Å²) in [6, 6.07) is 2.88. The van der Waals surface area contributed by atoms with Crippen molar-refractivity contribution in [1.29, 1.82) is 0 Å². The van der Waals surface area contributed by atoms with Gasteiger partial charge in [-0.05, 0) is 58.6 Å². The Bertz CT molecular complexity index is 433. The summed E-state index contributed by atoms with van der Waals surface area (Å²) in [7, 11) is 3.91. The zero-order valence-corrected chi connectivity index (χ0v) is 14.2. The van der Waals surface area contributed by atoms with E-state index >= 15 is 0 Å². The Kier molecular flexibility index (Phi) is 5.44. The maximum Gasteiger partial charge on any atom is 0.0834 e. The first-order valence-electron chi connectivity index (χ1n) is 8.27. The van der Waals surface area contributed by atoms with Crippen LogP contribution in [-0.2, 0) is 11.2 Å². The fourth-order valence-corrected chi connectivity index (χ4v) is 3.48. The number of aromatic nitrogens is 2. The van der Waals surface area contributed by atoms with E-state index in [1.807, 2.05) is 18.8 Å². The van der Waals surface area contributed by atoms with Gasteiger partial charge in [0.05, 0.1) is 11.3 Å². The monoisotopic (exact) mass is 293 g/mol. The van der Waals surface area contributed by atoms with E-state index in [4.69, 9.17) is 9.84 Å². The number of hydrogen-bond donors (Lipinski definition) is 1. The van der Waals surface area contributed by atoms with E-state index < -0.39 is 0 Å². The second-order valence-corrected chi connectivity index (χ2v) is 6.88. The lowest BCUT2D eigenvalue weighted by molar-refractivity contribution is -0.0732. The lowest BCUT2D eigenvalue weighted by Gasteiger charge is -2.44. The van der Waals surface area contributed by atoms with Crippen LogP contribution in [0.3, 0.4) is 0 Å². The van der Waals surface area contributed by atoms with Crippen LogP contribution in [0.2, 0.25) is 0 Å². The van der Waals surface area contributed by atoms with Crippen molar-refractivity contribution >= 4 is 0 Å². The SMILES string of the molecule is CNC(Cc1ccn(C(C)C)n1)C1(OC)CCC(C)CC1. The van der Waals surface area contributed by atoms with Crippen LogP contribution < -0.4 is 5.32 Å². The number of nitrogens with zero attached hydrogens (tertiary/aromatic N) is 2. The van der Waals surface area contributed by atoms with E-state index in [2.05, 4.69) is 38.4 Å². The summed E-state index contributed by atoms with van der Waals surface area (Å²) in [5.74, 6) is 0.825. The van der Waals surface area contributed by atoms with Gasteiger partial charge in [0.25, 0.3) is 0 Å². The normalized spacial score (nSPS) is 28.0. The molecule has 0 saturated heterocycles. The molecule has 21 heavy (non-hydrogen) atoms. The fraction of sp³-hybridized carbons (Fsp3) is 0.824. The predicted octanol–water partition coefficient (Wildman–Crippen LogP) is 3.19. The van der Waals surface area contributed by atoms with Crippen molar-refractivity contribution in [2.75, 3.05) is 14.2 Å². The maximum atomic E-state index is 6.01. The summed E-state index contributed by atoms with van der Waals surface area (Å²) in [5, 5.41) is 8.18. The van der Waals surface area contributed by atoms with Crippen LogP contribution in [0.5, 0.6) is 0 Å². The van der Waals surface area contributed by atoms with Crippen molar-refractivity contribution in [2.45, 2.75) is 70.6 Å². The molecular weight excluding hydrogens is 262 g/mol. The topological polar surface area (TPSA) is 39.1 Å². The van der Waals surface area contributed by atoms with Crippen molar-refractivity contribution < 1.29 is 4.74 Å². The molecule has 4 heteroatoms. The summed E-state index contributed by atoms with van der Waals surface area (Å²) in [5.41, 5.74) is 1.11. The summed E-state index contributed by atoms with van der Waals surface area (Å²) in [4.78, 5) is 0. The molecule has 1 unspecified atom stereocenters. The minimum Gasteiger partial charge on any atom is -0.377 e. The molecule has 0 spiro atoms. The minimum absolute atomic E-state index is 0.0388. The molecule has 0 bridgehead atoms. The van der Waals surface area contributed by atoms with E-state index in [-0.39, 0.29) is 5.60 Å². The standard InChI is InChI=1S/C17H31N3O/c1-13(2)20-11-8-15(19-20)12-16(18-4)17(21-5)9-6-14(3)7-10-17/h8,11,13-14,16,18H,6-7,9-10,12H2,1-5H3. The summed E-state index contributed by atoms with van der Waals surface area (Å²) in [6.07, 6.45) is 7.80. The molecule has 0 radical (unpaired) electrons. The second-order valence-electron chi connectivity index (χ2n) is 6.88. The van der Waals surface area contributed by atoms with Gasteiger partial charge in [-0.15, -0.1) is 0 Å². The Balaban J connectivity index is 2.10. The van der Waals surface area contributed by atoms with E-state index in [1.54, 1.807) is 0 Å². The van der Waals surface area contributed by atoms with E-state index in [0.717, 1.165) is 30.9 Å². The third-order valence-electron chi connectivity index (χ3n) is 5.12. The Morgan fingerprint density at radius 2 is 2.10 bits per heavy atom. The van der Waals surface area contributed by atoms with E-state index in [9.17, 15) is 0 Å². The zero-order valence-electron chi connectivity index (χ0n) is 14.2. The zero-order chi connectivity index (χ0) is 15.5. The molecule has 1 aliphatic carbocycles. The van der Waals surface area contributed by atoms with Crippen molar-refractivity contribution in [3.8, 4) is 0 Å². The lowest BCUT2D eigenvalue weighted by atomic mass is 9.74. The Morgan fingerprint density at radius 1 is 1.43 bits per heavy atom. The lowest BCUT2D eigenvalue weighted by Crippen LogP contribution is -2.54. The van der Waals surface area contributed by atoms with Crippen molar-refractivity contribution in [3.63, 3.8) is 0 Å². The van der Waals surface area contributed by atoms with Crippen molar-refractivity contribution in [3.05, 3.63) is 18.0 Å². The predicted molar refractivity (Wildman–Crippen MR) is 86.5 cm³/mol. The van der Waals surface area contributed by atoms with Crippen LogP contribution in [0, 0.1) is 5.92 Å². The van der Waals surface area contributed by atoms with Gasteiger partial charge in [-0.2, -0.15) is 5.10 Å². The number of hydrogen-bond acceptors (Lipinski definition) is 3. The fourth-order valence-electron chi connectivity index (χ4n) is 3.48. The number of rotatable bonds is 6. The highest BCUT2D eigenvalue weighted by atomic mass is 16.5. The Hall–Kier alpha value is -0.870. The number of methoxy groups -OCH3 is 1. The van der Waals surface area contributed by atoms with Crippen molar-refractivity contribution in [1.82, 2.24) is 15.1 Å². The highest BCUT2D eigenvalue weighted by molar-refractivity contribution is 5.07. The van der Waals surface area contributed by atoms with Crippen LogP contribution in [0.15, 0.2) is 12.3 Å². The largest absolute Gasteiger partial charge is 0.377 e. The highest BCUT2D eigenvalue weighted by Gasteiger charge is 2.41. The molecule has 0 amide bonds. The van der Waals surface area contributed by atoms with Gasteiger partial charge in [0.2, 0.25) is 0 Å². The molecule has 1 fully saturated rings. The molecule has 4 nitrogen and oxygen atoms in total. The van der Waals surface area contributed by atoms with Crippen molar-refractivity contribution in [2.24, 2.45) is 5.92 Å².